The number of benzene rings is 1. The molecular weight excluding hydrogens is 300 g/mol. The second-order valence-electron chi connectivity index (χ2n) is 5.74. The van der Waals surface area contributed by atoms with E-state index in [0.29, 0.717) is 10.6 Å². The molecule has 1 aliphatic carbocycles. The molecular formula is C16H19ClN4O. The van der Waals surface area contributed by atoms with Crippen molar-refractivity contribution in [3.8, 4) is 5.69 Å². The number of nitrogens with zero attached hydrogens (tertiary/aromatic N) is 2. The Morgan fingerprint density at radius 1 is 1.23 bits per heavy atom. The number of aromatic nitrogens is 2. The maximum Gasteiger partial charge on any atom is 0.254 e. The third kappa shape index (κ3) is 3.48. The quantitative estimate of drug-likeness (QED) is 0.913. The van der Waals surface area contributed by atoms with E-state index < -0.39 is 0 Å². The molecule has 0 bridgehead atoms. The minimum absolute atomic E-state index is 0.0827. The first-order chi connectivity index (χ1) is 10.6. The summed E-state index contributed by atoms with van der Waals surface area (Å²) in [5.41, 5.74) is 7.31. The van der Waals surface area contributed by atoms with Gasteiger partial charge in [0.05, 0.1) is 17.4 Å². The molecule has 1 heterocycles. The molecule has 1 aromatic heterocycles. The molecule has 1 fully saturated rings. The van der Waals surface area contributed by atoms with Gasteiger partial charge in [0.25, 0.3) is 5.91 Å². The largest absolute Gasteiger partial charge is 0.349 e. The second-order valence-corrected chi connectivity index (χ2v) is 6.17. The molecule has 0 radical (unpaired) electrons. The van der Waals surface area contributed by atoms with Crippen LogP contribution in [0.15, 0.2) is 36.7 Å². The van der Waals surface area contributed by atoms with E-state index in [2.05, 4.69) is 10.4 Å². The summed E-state index contributed by atoms with van der Waals surface area (Å²) in [5, 5.41) is 7.97. The van der Waals surface area contributed by atoms with Crippen molar-refractivity contribution in [2.45, 2.75) is 37.8 Å². The lowest BCUT2D eigenvalue weighted by Crippen LogP contribution is -2.40. The highest BCUT2D eigenvalue weighted by Crippen LogP contribution is 2.18. The molecule has 3 rings (SSSR count). The van der Waals surface area contributed by atoms with Gasteiger partial charge in [-0.3, -0.25) is 4.79 Å². The van der Waals surface area contributed by atoms with Crippen LogP contribution in [0.4, 0.5) is 0 Å². The van der Waals surface area contributed by atoms with Gasteiger partial charge in [-0.2, -0.15) is 5.10 Å². The highest BCUT2D eigenvalue weighted by Gasteiger charge is 2.21. The van der Waals surface area contributed by atoms with Crippen LogP contribution < -0.4 is 11.1 Å². The van der Waals surface area contributed by atoms with E-state index in [1.165, 1.54) is 0 Å². The SMILES string of the molecule is NC1CCC(NC(=O)c2cnn(-c3ccc(Cl)cc3)c2)CC1. The smallest absolute Gasteiger partial charge is 0.254 e. The Labute approximate surface area is 134 Å². The van der Waals surface area contributed by atoms with Crippen LogP contribution in [-0.2, 0) is 0 Å². The van der Waals surface area contributed by atoms with Gasteiger partial charge in [-0.25, -0.2) is 4.68 Å². The van der Waals surface area contributed by atoms with E-state index in [0.717, 1.165) is 31.4 Å². The monoisotopic (exact) mass is 318 g/mol. The van der Waals surface area contributed by atoms with Gasteiger partial charge in [-0.05, 0) is 49.9 Å². The summed E-state index contributed by atoms with van der Waals surface area (Å²) in [4.78, 5) is 12.3. The fourth-order valence-electron chi connectivity index (χ4n) is 2.71. The zero-order chi connectivity index (χ0) is 15.5. The normalized spacial score (nSPS) is 21.5. The third-order valence-corrected chi connectivity index (χ3v) is 4.29. The Kier molecular flexibility index (Phi) is 4.45. The highest BCUT2D eigenvalue weighted by molar-refractivity contribution is 6.30. The van der Waals surface area contributed by atoms with Crippen LogP contribution in [0.1, 0.15) is 36.0 Å². The first-order valence-electron chi connectivity index (χ1n) is 7.49. The van der Waals surface area contributed by atoms with Gasteiger partial charge >= 0.3 is 0 Å². The summed E-state index contributed by atoms with van der Waals surface area (Å²) in [5.74, 6) is -0.0827. The molecule has 22 heavy (non-hydrogen) atoms. The van der Waals surface area contributed by atoms with Crippen molar-refractivity contribution >= 4 is 17.5 Å². The highest BCUT2D eigenvalue weighted by atomic mass is 35.5. The second kappa shape index (κ2) is 6.50. The van der Waals surface area contributed by atoms with Gasteiger partial charge in [0.1, 0.15) is 0 Å². The number of nitrogens with two attached hydrogens (primary N) is 1. The summed E-state index contributed by atoms with van der Waals surface area (Å²) in [7, 11) is 0. The molecule has 2 aromatic rings. The van der Waals surface area contributed by atoms with Gasteiger partial charge < -0.3 is 11.1 Å². The zero-order valence-corrected chi connectivity index (χ0v) is 13.0. The van der Waals surface area contributed by atoms with Crippen molar-refractivity contribution in [2.75, 3.05) is 0 Å². The van der Waals surface area contributed by atoms with Crippen LogP contribution in [0.3, 0.4) is 0 Å². The number of hydrogen-bond donors (Lipinski definition) is 2. The fraction of sp³-hybridized carbons (Fsp3) is 0.375. The maximum atomic E-state index is 12.3. The number of rotatable bonds is 3. The van der Waals surface area contributed by atoms with Crippen molar-refractivity contribution in [1.82, 2.24) is 15.1 Å². The average Bonchev–Trinajstić information content (AvgIpc) is 3.00. The van der Waals surface area contributed by atoms with Crippen molar-refractivity contribution in [3.63, 3.8) is 0 Å². The summed E-state index contributed by atoms with van der Waals surface area (Å²) < 4.78 is 1.67. The Balaban J connectivity index is 1.65. The first kappa shape index (κ1) is 15.1. The van der Waals surface area contributed by atoms with Crippen LogP contribution >= 0.6 is 11.6 Å². The van der Waals surface area contributed by atoms with Crippen LogP contribution in [0.25, 0.3) is 5.69 Å². The number of amides is 1. The Bertz CT molecular complexity index is 644. The molecule has 0 spiro atoms. The maximum absolute atomic E-state index is 12.3. The van der Waals surface area contributed by atoms with Crippen molar-refractivity contribution in [1.29, 1.82) is 0 Å². The molecule has 1 saturated carbocycles. The molecule has 116 valence electrons. The number of hydrogen-bond acceptors (Lipinski definition) is 3. The predicted molar refractivity (Wildman–Crippen MR) is 86.3 cm³/mol. The molecule has 5 nitrogen and oxygen atoms in total. The lowest BCUT2D eigenvalue weighted by atomic mass is 9.92. The van der Waals surface area contributed by atoms with Crippen LogP contribution in [0, 0.1) is 0 Å². The van der Waals surface area contributed by atoms with Crippen LogP contribution in [0.5, 0.6) is 0 Å². The topological polar surface area (TPSA) is 72.9 Å². The summed E-state index contributed by atoms with van der Waals surface area (Å²) in [6.07, 6.45) is 7.13. The molecule has 1 amide bonds. The minimum atomic E-state index is -0.0827. The number of carbonyl (C=O) groups is 1. The van der Waals surface area contributed by atoms with E-state index in [1.807, 2.05) is 12.1 Å². The molecule has 6 heteroatoms. The summed E-state index contributed by atoms with van der Waals surface area (Å²) >= 11 is 5.87. The van der Waals surface area contributed by atoms with Crippen LogP contribution in [-0.4, -0.2) is 27.8 Å². The first-order valence-corrected chi connectivity index (χ1v) is 7.86. The van der Waals surface area contributed by atoms with Gasteiger partial charge in [-0.1, -0.05) is 11.6 Å². The molecule has 0 unspecified atom stereocenters. The van der Waals surface area contributed by atoms with Gasteiger partial charge in [-0.15, -0.1) is 0 Å². The lowest BCUT2D eigenvalue weighted by Gasteiger charge is -2.26. The van der Waals surface area contributed by atoms with E-state index in [4.69, 9.17) is 17.3 Å². The Morgan fingerprint density at radius 2 is 1.91 bits per heavy atom. The average molecular weight is 319 g/mol. The van der Waals surface area contributed by atoms with E-state index >= 15 is 0 Å². The van der Waals surface area contributed by atoms with E-state index in [9.17, 15) is 4.79 Å². The van der Waals surface area contributed by atoms with E-state index in [1.54, 1.807) is 29.2 Å². The van der Waals surface area contributed by atoms with Crippen molar-refractivity contribution in [3.05, 3.63) is 47.2 Å². The lowest BCUT2D eigenvalue weighted by molar-refractivity contribution is 0.0926. The summed E-state index contributed by atoms with van der Waals surface area (Å²) in [6, 6.07) is 7.80. The molecule has 1 aromatic carbocycles. The van der Waals surface area contributed by atoms with Crippen molar-refractivity contribution < 1.29 is 4.79 Å². The zero-order valence-electron chi connectivity index (χ0n) is 12.2. The Morgan fingerprint density at radius 3 is 2.59 bits per heavy atom. The number of carbonyl (C=O) groups excluding carboxylic acids is 1. The predicted octanol–water partition coefficient (Wildman–Crippen LogP) is 2.53. The summed E-state index contributed by atoms with van der Waals surface area (Å²) in [6.45, 7) is 0. The van der Waals surface area contributed by atoms with Gasteiger partial charge in [0, 0.05) is 23.3 Å². The van der Waals surface area contributed by atoms with Crippen LogP contribution in [0.2, 0.25) is 5.02 Å². The number of halogens is 1. The molecule has 0 saturated heterocycles. The fourth-order valence-corrected chi connectivity index (χ4v) is 2.83. The van der Waals surface area contributed by atoms with Gasteiger partial charge in [0.2, 0.25) is 0 Å². The standard InChI is InChI=1S/C16H19ClN4O/c17-12-1-7-15(8-2-12)21-10-11(9-19-21)16(22)20-14-5-3-13(18)4-6-14/h1-2,7-10,13-14H,3-6,18H2,(H,20,22). The van der Waals surface area contributed by atoms with Gasteiger partial charge in [0.15, 0.2) is 0 Å². The Hall–Kier alpha value is -1.85. The third-order valence-electron chi connectivity index (χ3n) is 4.04. The molecule has 0 atom stereocenters. The number of nitrogens with one attached hydrogen (secondary N) is 1. The molecule has 1 aliphatic rings. The minimum Gasteiger partial charge on any atom is -0.349 e. The molecule has 0 aliphatic heterocycles. The van der Waals surface area contributed by atoms with Crippen molar-refractivity contribution in [2.24, 2.45) is 5.73 Å². The van der Waals surface area contributed by atoms with E-state index in [-0.39, 0.29) is 18.0 Å². The molecule has 3 N–H and O–H groups in total.